The first kappa shape index (κ1) is 20.5. The zero-order valence-electron chi connectivity index (χ0n) is 15.0. The summed E-state index contributed by atoms with van der Waals surface area (Å²) in [4.78, 5) is 7.09. The van der Waals surface area contributed by atoms with E-state index >= 15 is 0 Å². The summed E-state index contributed by atoms with van der Waals surface area (Å²) >= 11 is 0. The molecule has 0 saturated carbocycles. The monoisotopic (exact) mass is 415 g/mol. The van der Waals surface area contributed by atoms with E-state index in [-0.39, 0.29) is 24.9 Å². The molecule has 0 unspecified atom stereocenters. The summed E-state index contributed by atoms with van der Waals surface area (Å²) < 4.78 is 70.0. The Bertz CT molecular complexity index is 884. The second-order valence-corrected chi connectivity index (χ2v) is 8.58. The number of hydrogen-bond acceptors (Lipinski definition) is 5. The Morgan fingerprint density at radius 1 is 1.11 bits per heavy atom. The number of hydrogen-bond donors (Lipinski definition) is 0. The third-order valence-corrected chi connectivity index (χ3v) is 6.35. The molecule has 1 aliphatic heterocycles. The van der Waals surface area contributed by atoms with Gasteiger partial charge in [0.05, 0.1) is 5.75 Å². The van der Waals surface area contributed by atoms with Gasteiger partial charge in [0.15, 0.2) is 5.69 Å². The lowest BCUT2D eigenvalue weighted by Crippen LogP contribution is -2.43. The Labute approximate surface area is 161 Å². The highest BCUT2D eigenvalue weighted by molar-refractivity contribution is 7.89. The molecule has 1 aliphatic rings. The highest BCUT2D eigenvalue weighted by atomic mass is 32.2. The maximum Gasteiger partial charge on any atom is 0.433 e. The molecule has 0 radical (unpaired) electrons. The van der Waals surface area contributed by atoms with Gasteiger partial charge in [-0.2, -0.15) is 18.2 Å². The topological polar surface area (TPSA) is 72.4 Å². The average molecular weight is 415 g/mol. The van der Waals surface area contributed by atoms with Gasteiger partial charge in [0, 0.05) is 19.3 Å². The molecule has 0 spiro atoms. The number of piperidine rings is 1. The molecule has 0 aliphatic carbocycles. The molecule has 1 aromatic carbocycles. The lowest BCUT2D eigenvalue weighted by Gasteiger charge is -2.31. The van der Waals surface area contributed by atoms with E-state index in [1.807, 2.05) is 30.3 Å². The van der Waals surface area contributed by atoms with Crippen molar-refractivity contribution in [3.05, 3.63) is 53.9 Å². The maximum absolute atomic E-state index is 12.7. The number of alkyl halides is 3. The highest BCUT2D eigenvalue weighted by Crippen LogP contribution is 2.28. The van der Waals surface area contributed by atoms with Crippen LogP contribution in [0.1, 0.15) is 24.1 Å². The second kappa shape index (κ2) is 8.44. The van der Waals surface area contributed by atoms with E-state index in [0.717, 1.165) is 17.8 Å². The van der Waals surface area contributed by atoms with Crippen LogP contribution in [0.2, 0.25) is 0 Å². The summed E-state index contributed by atoms with van der Waals surface area (Å²) in [6.45, 7) is 0.501. The summed E-state index contributed by atoms with van der Waals surface area (Å²) in [5, 5.41) is 0. The van der Waals surface area contributed by atoms with E-state index < -0.39 is 28.0 Å². The van der Waals surface area contributed by atoms with E-state index in [1.54, 1.807) is 0 Å². The van der Waals surface area contributed by atoms with E-state index in [4.69, 9.17) is 4.74 Å². The fourth-order valence-corrected chi connectivity index (χ4v) is 4.47. The van der Waals surface area contributed by atoms with Gasteiger partial charge in [-0.1, -0.05) is 30.3 Å². The fraction of sp³-hybridized carbons (Fsp3) is 0.444. The van der Waals surface area contributed by atoms with Crippen LogP contribution < -0.4 is 4.74 Å². The van der Waals surface area contributed by atoms with Gasteiger partial charge in [0.1, 0.15) is 6.10 Å². The van der Waals surface area contributed by atoms with Gasteiger partial charge >= 0.3 is 12.2 Å². The van der Waals surface area contributed by atoms with Crippen molar-refractivity contribution in [1.29, 1.82) is 0 Å². The van der Waals surface area contributed by atoms with E-state index in [2.05, 4.69) is 9.97 Å². The number of benzene rings is 1. The van der Waals surface area contributed by atoms with Crippen LogP contribution in [0.15, 0.2) is 42.6 Å². The zero-order chi connectivity index (χ0) is 20.2. The number of nitrogens with zero attached hydrogens (tertiary/aromatic N) is 3. The normalized spacial score (nSPS) is 16.8. The molecular weight excluding hydrogens is 395 g/mol. The third kappa shape index (κ3) is 5.41. The van der Waals surface area contributed by atoms with Crippen molar-refractivity contribution in [2.24, 2.45) is 0 Å². The van der Waals surface area contributed by atoms with Gasteiger partial charge in [-0.05, 0) is 30.9 Å². The molecule has 1 aromatic heterocycles. The van der Waals surface area contributed by atoms with Gasteiger partial charge in [0.2, 0.25) is 10.0 Å². The molecule has 2 aromatic rings. The van der Waals surface area contributed by atoms with Crippen LogP contribution in [-0.4, -0.2) is 47.6 Å². The molecule has 3 rings (SSSR count). The van der Waals surface area contributed by atoms with E-state index in [9.17, 15) is 21.6 Å². The smallest absolute Gasteiger partial charge is 0.433 e. The van der Waals surface area contributed by atoms with Gasteiger partial charge in [-0.15, -0.1) is 0 Å². The van der Waals surface area contributed by atoms with E-state index in [0.29, 0.717) is 19.3 Å². The lowest BCUT2D eigenvalue weighted by atomic mass is 10.1. The van der Waals surface area contributed by atoms with Crippen LogP contribution in [0.25, 0.3) is 0 Å². The first-order valence-corrected chi connectivity index (χ1v) is 10.4. The van der Waals surface area contributed by atoms with Crippen molar-refractivity contribution in [1.82, 2.24) is 14.3 Å². The Morgan fingerprint density at radius 2 is 1.79 bits per heavy atom. The molecule has 6 nitrogen and oxygen atoms in total. The largest absolute Gasteiger partial charge is 0.460 e. The molecule has 1 fully saturated rings. The molecule has 0 N–H and O–H groups in total. The minimum absolute atomic E-state index is 0.0132. The van der Waals surface area contributed by atoms with Crippen LogP contribution in [0.3, 0.4) is 0 Å². The SMILES string of the molecule is O=S(=O)(CCc1ccccc1)N1CCC(Oc2nccc(C(F)(F)F)n2)CC1. The molecule has 1 saturated heterocycles. The number of sulfonamides is 1. The van der Waals surface area contributed by atoms with Gasteiger partial charge in [-0.3, -0.25) is 0 Å². The molecule has 0 amide bonds. The van der Waals surface area contributed by atoms with Crippen LogP contribution in [0.4, 0.5) is 13.2 Å². The van der Waals surface area contributed by atoms with Gasteiger partial charge in [0.25, 0.3) is 0 Å². The van der Waals surface area contributed by atoms with Crippen LogP contribution in [0, 0.1) is 0 Å². The summed E-state index contributed by atoms with van der Waals surface area (Å²) in [5.74, 6) is 0.0132. The summed E-state index contributed by atoms with van der Waals surface area (Å²) in [6.07, 6.45) is -2.85. The van der Waals surface area contributed by atoms with Crippen molar-refractivity contribution in [2.75, 3.05) is 18.8 Å². The standard InChI is InChI=1S/C18H20F3N3O3S/c19-18(20,21)16-6-10-22-17(23-16)27-15-7-11-24(12-8-15)28(25,26)13-9-14-4-2-1-3-5-14/h1-6,10,15H,7-9,11-13H2. The Hall–Kier alpha value is -2.20. The predicted molar refractivity (Wildman–Crippen MR) is 96.2 cm³/mol. The van der Waals surface area contributed by atoms with Crippen LogP contribution in [-0.2, 0) is 22.6 Å². The number of ether oxygens (including phenoxy) is 1. The minimum Gasteiger partial charge on any atom is -0.460 e. The van der Waals surface area contributed by atoms with Gasteiger partial charge in [-0.25, -0.2) is 17.7 Å². The summed E-state index contributed by atoms with van der Waals surface area (Å²) in [5.41, 5.74) is -0.121. The van der Waals surface area contributed by atoms with Crippen LogP contribution >= 0.6 is 0 Å². The molecule has 0 bridgehead atoms. The van der Waals surface area contributed by atoms with Crippen molar-refractivity contribution in [2.45, 2.75) is 31.5 Å². The van der Waals surface area contributed by atoms with Crippen molar-refractivity contribution >= 4 is 10.0 Å². The molecule has 2 heterocycles. The molecular formula is C18H20F3N3O3S. The number of halogens is 3. The molecule has 28 heavy (non-hydrogen) atoms. The first-order chi connectivity index (χ1) is 13.2. The lowest BCUT2D eigenvalue weighted by molar-refractivity contribution is -0.141. The minimum atomic E-state index is -4.57. The Kier molecular flexibility index (Phi) is 6.19. The average Bonchev–Trinajstić information content (AvgIpc) is 2.67. The second-order valence-electron chi connectivity index (χ2n) is 6.49. The van der Waals surface area contributed by atoms with Gasteiger partial charge < -0.3 is 4.74 Å². The third-order valence-electron chi connectivity index (χ3n) is 4.48. The van der Waals surface area contributed by atoms with E-state index in [1.165, 1.54) is 4.31 Å². The maximum atomic E-state index is 12.7. The summed E-state index contributed by atoms with van der Waals surface area (Å²) in [6, 6.07) is 9.78. The quantitative estimate of drug-likeness (QED) is 0.726. The Morgan fingerprint density at radius 3 is 2.43 bits per heavy atom. The first-order valence-electron chi connectivity index (χ1n) is 8.83. The number of aryl methyl sites for hydroxylation is 1. The Balaban J connectivity index is 1.53. The summed E-state index contributed by atoms with van der Waals surface area (Å²) in [7, 11) is -3.41. The fourth-order valence-electron chi connectivity index (χ4n) is 2.95. The van der Waals surface area contributed by atoms with Crippen molar-refractivity contribution in [3.8, 4) is 6.01 Å². The van der Waals surface area contributed by atoms with Crippen molar-refractivity contribution in [3.63, 3.8) is 0 Å². The predicted octanol–water partition coefficient (Wildman–Crippen LogP) is 2.91. The molecule has 0 atom stereocenters. The van der Waals surface area contributed by atoms with Crippen LogP contribution in [0.5, 0.6) is 6.01 Å². The van der Waals surface area contributed by atoms with Crippen molar-refractivity contribution < 1.29 is 26.3 Å². The molecule has 152 valence electrons. The molecule has 10 heteroatoms. The number of rotatable bonds is 6. The number of aromatic nitrogens is 2. The zero-order valence-corrected chi connectivity index (χ0v) is 15.8. The highest BCUT2D eigenvalue weighted by Gasteiger charge is 2.34.